The van der Waals surface area contributed by atoms with E-state index in [1.807, 2.05) is 18.2 Å². The zero-order valence-corrected chi connectivity index (χ0v) is 11.0. The highest BCUT2D eigenvalue weighted by Crippen LogP contribution is 2.25. The molecule has 0 aliphatic rings. The van der Waals surface area contributed by atoms with Crippen molar-refractivity contribution in [3.63, 3.8) is 0 Å². The van der Waals surface area contributed by atoms with Gasteiger partial charge in [0.1, 0.15) is 0 Å². The highest BCUT2D eigenvalue weighted by atomic mass is 79.9. The molecule has 0 amide bonds. The molecular formula is C12H18BrNO2. The second-order valence-electron chi connectivity index (χ2n) is 3.84. The molecule has 0 bridgehead atoms. The van der Waals surface area contributed by atoms with Crippen LogP contribution >= 0.6 is 15.9 Å². The van der Waals surface area contributed by atoms with Crippen LogP contribution in [0.2, 0.25) is 0 Å². The van der Waals surface area contributed by atoms with Gasteiger partial charge in [-0.25, -0.2) is 0 Å². The number of aliphatic hydroxyl groups is 2. The Balaban J connectivity index is 2.69. The minimum absolute atomic E-state index is 0.0104. The Labute approximate surface area is 105 Å². The van der Waals surface area contributed by atoms with Crippen molar-refractivity contribution < 1.29 is 10.2 Å². The van der Waals surface area contributed by atoms with E-state index in [9.17, 15) is 5.11 Å². The molecule has 0 aliphatic heterocycles. The molecule has 0 saturated carbocycles. The molecule has 0 fully saturated rings. The van der Waals surface area contributed by atoms with Crippen LogP contribution in [0, 0.1) is 0 Å². The van der Waals surface area contributed by atoms with E-state index in [-0.39, 0.29) is 19.3 Å². The third kappa shape index (κ3) is 3.77. The van der Waals surface area contributed by atoms with Crippen LogP contribution in [0.25, 0.3) is 0 Å². The maximum Gasteiger partial charge on any atom is 0.0713 e. The zero-order chi connectivity index (χ0) is 12.0. The number of hydrogen-bond donors (Lipinski definition) is 3. The summed E-state index contributed by atoms with van der Waals surface area (Å²) < 4.78 is 0.911. The predicted octanol–water partition coefficient (Wildman–Crippen LogP) is 2.51. The SMILES string of the molecule is CC(CCCO)Nc1cccc(Br)c1CO. The topological polar surface area (TPSA) is 52.5 Å². The molecule has 16 heavy (non-hydrogen) atoms. The summed E-state index contributed by atoms with van der Waals surface area (Å²) in [6.45, 7) is 2.30. The monoisotopic (exact) mass is 287 g/mol. The molecule has 1 aromatic rings. The fourth-order valence-corrected chi connectivity index (χ4v) is 2.08. The van der Waals surface area contributed by atoms with Crippen molar-refractivity contribution in [3.05, 3.63) is 28.2 Å². The van der Waals surface area contributed by atoms with E-state index < -0.39 is 0 Å². The van der Waals surface area contributed by atoms with Gasteiger partial charge in [0.05, 0.1) is 6.61 Å². The van der Waals surface area contributed by atoms with Gasteiger partial charge >= 0.3 is 0 Å². The summed E-state index contributed by atoms with van der Waals surface area (Å²) >= 11 is 3.41. The number of rotatable bonds is 6. The summed E-state index contributed by atoms with van der Waals surface area (Å²) in [5, 5.41) is 21.4. The first kappa shape index (κ1) is 13.5. The molecule has 0 saturated heterocycles. The first-order valence-electron chi connectivity index (χ1n) is 5.44. The summed E-state index contributed by atoms with van der Waals surface area (Å²) in [4.78, 5) is 0. The average Bonchev–Trinajstić information content (AvgIpc) is 2.27. The number of hydrogen-bond acceptors (Lipinski definition) is 3. The van der Waals surface area contributed by atoms with Crippen LogP contribution in [0.5, 0.6) is 0 Å². The molecule has 0 spiro atoms. The summed E-state index contributed by atoms with van der Waals surface area (Å²) in [6, 6.07) is 6.08. The van der Waals surface area contributed by atoms with Crippen molar-refractivity contribution in [3.8, 4) is 0 Å². The van der Waals surface area contributed by atoms with Crippen LogP contribution in [0.15, 0.2) is 22.7 Å². The summed E-state index contributed by atoms with van der Waals surface area (Å²) in [6.07, 6.45) is 1.70. The van der Waals surface area contributed by atoms with Crippen molar-refractivity contribution in [2.24, 2.45) is 0 Å². The molecule has 1 atom stereocenters. The van der Waals surface area contributed by atoms with Gasteiger partial charge in [0.15, 0.2) is 0 Å². The normalized spacial score (nSPS) is 12.5. The number of aliphatic hydroxyl groups excluding tert-OH is 2. The second kappa shape index (κ2) is 6.89. The second-order valence-corrected chi connectivity index (χ2v) is 4.69. The van der Waals surface area contributed by atoms with Crippen LogP contribution in [0.1, 0.15) is 25.3 Å². The molecular weight excluding hydrogens is 270 g/mol. The summed E-state index contributed by atoms with van der Waals surface area (Å²) in [7, 11) is 0. The van der Waals surface area contributed by atoms with Gasteiger partial charge in [-0.05, 0) is 31.9 Å². The molecule has 4 heteroatoms. The molecule has 1 rings (SSSR count). The Kier molecular flexibility index (Phi) is 5.80. The minimum Gasteiger partial charge on any atom is -0.396 e. The fourth-order valence-electron chi connectivity index (χ4n) is 1.59. The molecule has 1 aromatic carbocycles. The van der Waals surface area contributed by atoms with Crippen molar-refractivity contribution in [2.45, 2.75) is 32.4 Å². The maximum absolute atomic E-state index is 9.28. The Morgan fingerprint density at radius 2 is 2.12 bits per heavy atom. The van der Waals surface area contributed by atoms with E-state index in [0.29, 0.717) is 0 Å². The molecule has 3 nitrogen and oxygen atoms in total. The molecule has 1 unspecified atom stereocenters. The minimum atomic E-state index is 0.0104. The Hall–Kier alpha value is -0.580. The fraction of sp³-hybridized carbons (Fsp3) is 0.500. The van der Waals surface area contributed by atoms with E-state index in [4.69, 9.17) is 5.11 Å². The lowest BCUT2D eigenvalue weighted by Gasteiger charge is -2.17. The van der Waals surface area contributed by atoms with Gasteiger partial charge in [-0.3, -0.25) is 0 Å². The van der Waals surface area contributed by atoms with Crippen LogP contribution in [0.3, 0.4) is 0 Å². The summed E-state index contributed by atoms with van der Waals surface area (Å²) in [5.74, 6) is 0. The lowest BCUT2D eigenvalue weighted by molar-refractivity contribution is 0.280. The number of benzene rings is 1. The molecule has 0 aliphatic carbocycles. The number of halogens is 1. The zero-order valence-electron chi connectivity index (χ0n) is 9.41. The smallest absolute Gasteiger partial charge is 0.0713 e. The standard InChI is InChI=1S/C12H18BrNO2/c1-9(4-3-7-15)14-12-6-2-5-11(13)10(12)8-16/h2,5-6,9,14-16H,3-4,7-8H2,1H3. The summed E-state index contributed by atoms with van der Waals surface area (Å²) in [5.41, 5.74) is 1.82. The lowest BCUT2D eigenvalue weighted by atomic mass is 10.1. The Morgan fingerprint density at radius 3 is 2.75 bits per heavy atom. The largest absolute Gasteiger partial charge is 0.396 e. The third-order valence-electron chi connectivity index (χ3n) is 2.47. The van der Waals surface area contributed by atoms with Crippen molar-refractivity contribution in [1.29, 1.82) is 0 Å². The van der Waals surface area contributed by atoms with E-state index in [1.165, 1.54) is 0 Å². The molecule has 3 N–H and O–H groups in total. The average molecular weight is 288 g/mol. The van der Waals surface area contributed by atoms with Crippen LogP contribution < -0.4 is 5.32 Å². The third-order valence-corrected chi connectivity index (χ3v) is 3.22. The van der Waals surface area contributed by atoms with Gasteiger partial charge in [-0.1, -0.05) is 22.0 Å². The van der Waals surface area contributed by atoms with Gasteiger partial charge in [0, 0.05) is 28.4 Å². The lowest BCUT2D eigenvalue weighted by Crippen LogP contribution is -2.16. The van der Waals surface area contributed by atoms with E-state index in [2.05, 4.69) is 28.2 Å². The van der Waals surface area contributed by atoms with Crippen molar-refractivity contribution >= 4 is 21.6 Å². The number of nitrogens with one attached hydrogen (secondary N) is 1. The van der Waals surface area contributed by atoms with Gasteiger partial charge < -0.3 is 15.5 Å². The van der Waals surface area contributed by atoms with Crippen LogP contribution in [-0.2, 0) is 6.61 Å². The highest BCUT2D eigenvalue weighted by Gasteiger charge is 2.08. The van der Waals surface area contributed by atoms with E-state index in [1.54, 1.807) is 0 Å². The van der Waals surface area contributed by atoms with Crippen LogP contribution in [0.4, 0.5) is 5.69 Å². The highest BCUT2D eigenvalue weighted by molar-refractivity contribution is 9.10. The van der Waals surface area contributed by atoms with Crippen molar-refractivity contribution in [1.82, 2.24) is 0 Å². The quantitative estimate of drug-likeness (QED) is 0.754. The van der Waals surface area contributed by atoms with Gasteiger partial charge in [0.25, 0.3) is 0 Å². The van der Waals surface area contributed by atoms with Gasteiger partial charge in [-0.2, -0.15) is 0 Å². The first-order valence-corrected chi connectivity index (χ1v) is 6.24. The van der Waals surface area contributed by atoms with Gasteiger partial charge in [0.2, 0.25) is 0 Å². The Bertz CT molecular complexity index is 331. The number of anilines is 1. The molecule has 90 valence electrons. The van der Waals surface area contributed by atoms with E-state index in [0.717, 1.165) is 28.6 Å². The molecule has 0 aromatic heterocycles. The van der Waals surface area contributed by atoms with Crippen molar-refractivity contribution in [2.75, 3.05) is 11.9 Å². The van der Waals surface area contributed by atoms with E-state index >= 15 is 0 Å². The van der Waals surface area contributed by atoms with Crippen LogP contribution in [-0.4, -0.2) is 22.9 Å². The van der Waals surface area contributed by atoms with Gasteiger partial charge in [-0.15, -0.1) is 0 Å². The first-order chi connectivity index (χ1) is 7.69. The Morgan fingerprint density at radius 1 is 1.38 bits per heavy atom. The maximum atomic E-state index is 9.28. The predicted molar refractivity (Wildman–Crippen MR) is 69.5 cm³/mol. The molecule has 0 radical (unpaired) electrons. The molecule has 0 heterocycles.